The van der Waals surface area contributed by atoms with E-state index < -0.39 is 0 Å². The average Bonchev–Trinajstić information content (AvgIpc) is 1.23. The molecule has 0 atom stereocenters. The first-order valence-corrected chi connectivity index (χ1v) is 3.22. The van der Waals surface area contributed by atoms with Gasteiger partial charge in [0.2, 0.25) is 0 Å². The van der Waals surface area contributed by atoms with Crippen LogP contribution in [0, 0.1) is 5.92 Å². The third kappa shape index (κ3) is 1.00. The van der Waals surface area contributed by atoms with Crippen LogP contribution in [0.4, 0.5) is 0 Å². The maximum atomic E-state index is 4.97. The minimum Gasteiger partial charge on any atom is -0.0897 e. The summed E-state index contributed by atoms with van der Waals surface area (Å²) >= 11 is 4.97. The van der Waals surface area contributed by atoms with Crippen molar-refractivity contribution in [1.29, 1.82) is 0 Å². The van der Waals surface area contributed by atoms with Crippen molar-refractivity contribution in [2.45, 2.75) is 26.2 Å². The van der Waals surface area contributed by atoms with Crippen molar-refractivity contribution >= 4 is 17.1 Å². The number of hydrogen-bond donors (Lipinski definition) is 0. The summed E-state index contributed by atoms with van der Waals surface area (Å²) in [5, 5.41) is 0. The fraction of sp³-hybridized carbons (Fsp3) is 0.833. The van der Waals surface area contributed by atoms with Gasteiger partial charge in [-0.15, -0.1) is 0 Å². The van der Waals surface area contributed by atoms with Gasteiger partial charge in [-0.3, -0.25) is 0 Å². The fourth-order valence-electron chi connectivity index (χ4n) is 0.815. The first kappa shape index (κ1) is 5.23. The van der Waals surface area contributed by atoms with E-state index in [2.05, 4.69) is 6.92 Å². The molecule has 0 aromatic carbocycles. The maximum Gasteiger partial charge on any atom is -0.00716 e. The summed E-state index contributed by atoms with van der Waals surface area (Å²) in [5.41, 5.74) is 0. The third-order valence-electron chi connectivity index (χ3n) is 1.68. The van der Waals surface area contributed by atoms with Crippen LogP contribution in [0.1, 0.15) is 26.2 Å². The summed E-state index contributed by atoms with van der Waals surface area (Å²) in [6, 6.07) is 0. The van der Waals surface area contributed by atoms with Crippen molar-refractivity contribution in [1.82, 2.24) is 0 Å². The van der Waals surface area contributed by atoms with Crippen LogP contribution < -0.4 is 0 Å². The van der Waals surface area contributed by atoms with Crippen LogP contribution in [0.15, 0.2) is 0 Å². The minimum atomic E-state index is 0.815. The standard InChI is InChI=1S/C6H10S/c1-5(7)6-3-2-4-6/h6H,2-4H2,1H3. The Morgan fingerprint density at radius 2 is 2.14 bits per heavy atom. The molecule has 1 aliphatic carbocycles. The lowest BCUT2D eigenvalue weighted by atomic mass is 9.83. The minimum absolute atomic E-state index is 0.815. The van der Waals surface area contributed by atoms with E-state index in [1.807, 2.05) is 0 Å². The predicted molar refractivity (Wildman–Crippen MR) is 35.6 cm³/mol. The van der Waals surface area contributed by atoms with Gasteiger partial charge in [0.15, 0.2) is 0 Å². The molecule has 1 saturated carbocycles. The van der Waals surface area contributed by atoms with E-state index >= 15 is 0 Å². The zero-order valence-electron chi connectivity index (χ0n) is 4.61. The molecule has 0 amide bonds. The smallest absolute Gasteiger partial charge is 0.00716 e. The molecule has 0 radical (unpaired) electrons. The van der Waals surface area contributed by atoms with Gasteiger partial charge in [-0.1, -0.05) is 18.6 Å². The highest BCUT2D eigenvalue weighted by molar-refractivity contribution is 7.80. The van der Waals surface area contributed by atoms with Gasteiger partial charge in [-0.25, -0.2) is 0 Å². The summed E-state index contributed by atoms with van der Waals surface area (Å²) in [5.74, 6) is 0.815. The van der Waals surface area contributed by atoms with E-state index in [0.29, 0.717) is 0 Å². The highest BCUT2D eigenvalue weighted by Crippen LogP contribution is 2.27. The average molecular weight is 114 g/mol. The molecule has 0 aliphatic heterocycles. The van der Waals surface area contributed by atoms with Crippen molar-refractivity contribution in [2.24, 2.45) is 5.92 Å². The largest absolute Gasteiger partial charge is 0.0897 e. The van der Waals surface area contributed by atoms with Gasteiger partial charge in [-0.05, 0) is 30.5 Å². The zero-order valence-corrected chi connectivity index (χ0v) is 5.42. The lowest BCUT2D eigenvalue weighted by Crippen LogP contribution is -2.17. The molecule has 40 valence electrons. The fourth-order valence-corrected chi connectivity index (χ4v) is 1.05. The molecule has 7 heavy (non-hydrogen) atoms. The lowest BCUT2D eigenvalue weighted by molar-refractivity contribution is 0.416. The quantitative estimate of drug-likeness (QED) is 0.471. The molecule has 0 aromatic rings. The highest BCUT2D eigenvalue weighted by Gasteiger charge is 2.17. The molecule has 1 rings (SSSR count). The van der Waals surface area contributed by atoms with Gasteiger partial charge in [0.05, 0.1) is 0 Å². The van der Waals surface area contributed by atoms with Gasteiger partial charge in [0, 0.05) is 0 Å². The summed E-state index contributed by atoms with van der Waals surface area (Å²) < 4.78 is 0. The zero-order chi connectivity index (χ0) is 5.28. The number of rotatable bonds is 1. The molecular weight excluding hydrogens is 104 g/mol. The van der Waals surface area contributed by atoms with Gasteiger partial charge in [0.25, 0.3) is 0 Å². The Kier molecular flexibility index (Phi) is 1.43. The van der Waals surface area contributed by atoms with Crippen LogP contribution in [-0.4, -0.2) is 4.86 Å². The molecule has 0 nitrogen and oxygen atoms in total. The van der Waals surface area contributed by atoms with Gasteiger partial charge >= 0.3 is 0 Å². The van der Waals surface area contributed by atoms with Gasteiger partial charge in [0.1, 0.15) is 0 Å². The Morgan fingerprint density at radius 3 is 2.14 bits per heavy atom. The molecule has 0 saturated heterocycles. The van der Waals surface area contributed by atoms with Crippen molar-refractivity contribution in [3.8, 4) is 0 Å². The molecule has 1 heteroatoms. The van der Waals surface area contributed by atoms with Crippen molar-refractivity contribution in [3.05, 3.63) is 0 Å². The first-order valence-electron chi connectivity index (χ1n) is 2.81. The Balaban J connectivity index is 2.27. The molecule has 0 bridgehead atoms. The van der Waals surface area contributed by atoms with Crippen LogP contribution in [0.2, 0.25) is 0 Å². The first-order chi connectivity index (χ1) is 3.30. The van der Waals surface area contributed by atoms with Gasteiger partial charge < -0.3 is 0 Å². The van der Waals surface area contributed by atoms with E-state index in [0.717, 1.165) is 5.92 Å². The molecule has 1 aliphatic rings. The third-order valence-corrected chi connectivity index (χ3v) is 2.01. The maximum absolute atomic E-state index is 4.97. The normalized spacial score (nSPS) is 21.3. The summed E-state index contributed by atoms with van der Waals surface area (Å²) in [6.45, 7) is 2.05. The molecule has 0 heterocycles. The predicted octanol–water partition coefficient (Wildman–Crippen LogP) is 2.18. The van der Waals surface area contributed by atoms with E-state index in [4.69, 9.17) is 12.2 Å². The SMILES string of the molecule is CC(=S)C1CCC1. The number of thiocarbonyl (C=S) groups is 1. The molecule has 0 unspecified atom stereocenters. The Labute approximate surface area is 49.9 Å². The molecule has 1 fully saturated rings. The number of hydrogen-bond acceptors (Lipinski definition) is 1. The van der Waals surface area contributed by atoms with E-state index in [1.165, 1.54) is 24.1 Å². The Bertz CT molecular complexity index is 82.2. The molecule has 0 spiro atoms. The van der Waals surface area contributed by atoms with Crippen LogP contribution in [0.25, 0.3) is 0 Å². The topological polar surface area (TPSA) is 0 Å². The summed E-state index contributed by atoms with van der Waals surface area (Å²) in [7, 11) is 0. The molecule has 0 aromatic heterocycles. The molecule has 0 N–H and O–H groups in total. The monoisotopic (exact) mass is 114 g/mol. The van der Waals surface area contributed by atoms with Crippen molar-refractivity contribution in [3.63, 3.8) is 0 Å². The second-order valence-electron chi connectivity index (χ2n) is 2.24. The van der Waals surface area contributed by atoms with Gasteiger partial charge in [-0.2, -0.15) is 0 Å². The molecular formula is C6H10S. The van der Waals surface area contributed by atoms with E-state index in [1.54, 1.807) is 0 Å². The van der Waals surface area contributed by atoms with E-state index in [9.17, 15) is 0 Å². The van der Waals surface area contributed by atoms with Crippen LogP contribution in [-0.2, 0) is 0 Å². The second kappa shape index (κ2) is 1.91. The van der Waals surface area contributed by atoms with Crippen molar-refractivity contribution in [2.75, 3.05) is 0 Å². The van der Waals surface area contributed by atoms with Crippen molar-refractivity contribution < 1.29 is 0 Å². The summed E-state index contributed by atoms with van der Waals surface area (Å²) in [4.78, 5) is 1.21. The second-order valence-corrected chi connectivity index (χ2v) is 2.88. The lowest BCUT2D eigenvalue weighted by Gasteiger charge is -2.23. The van der Waals surface area contributed by atoms with E-state index in [-0.39, 0.29) is 0 Å². The van der Waals surface area contributed by atoms with Crippen LogP contribution in [0.3, 0.4) is 0 Å². The van der Waals surface area contributed by atoms with Crippen LogP contribution >= 0.6 is 12.2 Å². The Morgan fingerprint density at radius 1 is 1.57 bits per heavy atom. The summed E-state index contributed by atoms with van der Waals surface area (Å²) in [6.07, 6.45) is 4.11. The highest BCUT2D eigenvalue weighted by atomic mass is 32.1. The van der Waals surface area contributed by atoms with Crippen LogP contribution in [0.5, 0.6) is 0 Å². The Hall–Kier alpha value is 0.0900.